The van der Waals surface area contributed by atoms with Crippen molar-refractivity contribution >= 4 is 16.9 Å². The Labute approximate surface area is 155 Å². The first kappa shape index (κ1) is 16.9. The molecule has 0 saturated heterocycles. The smallest absolute Gasteiger partial charge is 0.227 e. The number of nitrogens with one attached hydrogen (secondary N) is 2. The molecule has 1 amide bonds. The quantitative estimate of drug-likeness (QED) is 0.546. The number of H-pyrrole nitrogens is 1. The van der Waals surface area contributed by atoms with Gasteiger partial charge in [0.05, 0.1) is 17.1 Å². The normalized spacial score (nSPS) is 12.2. The van der Waals surface area contributed by atoms with Crippen LogP contribution in [-0.4, -0.2) is 31.0 Å². The molecule has 0 saturated carbocycles. The zero-order valence-electron chi connectivity index (χ0n) is 14.7. The van der Waals surface area contributed by atoms with Gasteiger partial charge in [0.15, 0.2) is 0 Å². The van der Waals surface area contributed by atoms with Gasteiger partial charge < -0.3 is 14.8 Å². The van der Waals surface area contributed by atoms with E-state index in [9.17, 15) is 4.79 Å². The summed E-state index contributed by atoms with van der Waals surface area (Å²) in [7, 11) is 0. The highest BCUT2D eigenvalue weighted by molar-refractivity contribution is 5.77. The first-order chi connectivity index (χ1) is 13.2. The Hall–Kier alpha value is -3.55. The monoisotopic (exact) mass is 362 g/mol. The second kappa shape index (κ2) is 7.36. The van der Waals surface area contributed by atoms with E-state index in [1.807, 2.05) is 37.3 Å². The number of aromatic nitrogens is 5. The second-order valence-electron chi connectivity index (χ2n) is 6.18. The highest BCUT2D eigenvalue weighted by atomic mass is 16.5. The molecule has 0 fully saturated rings. The highest BCUT2D eigenvalue weighted by Gasteiger charge is 2.15. The number of nitrogens with zero attached hydrogens (tertiary/aromatic N) is 4. The number of hydrogen-bond donors (Lipinski definition) is 2. The van der Waals surface area contributed by atoms with Gasteiger partial charge in [-0.05, 0) is 31.2 Å². The Balaban J connectivity index is 1.33. The first-order valence-corrected chi connectivity index (χ1v) is 8.66. The third-order valence-corrected chi connectivity index (χ3v) is 4.15. The molecule has 0 spiro atoms. The predicted molar refractivity (Wildman–Crippen MR) is 98.5 cm³/mol. The topological polar surface area (TPSA) is 110 Å². The number of benzene rings is 1. The summed E-state index contributed by atoms with van der Waals surface area (Å²) in [4.78, 5) is 28.3. The molecule has 4 aromatic rings. The van der Waals surface area contributed by atoms with Crippen molar-refractivity contribution in [3.05, 3.63) is 60.5 Å². The number of carbonyl (C=O) groups excluding carboxylic acids is 1. The molecule has 1 aromatic carbocycles. The van der Waals surface area contributed by atoms with Crippen molar-refractivity contribution in [2.75, 3.05) is 0 Å². The lowest BCUT2D eigenvalue weighted by molar-refractivity contribution is -0.121. The summed E-state index contributed by atoms with van der Waals surface area (Å²) in [6.07, 6.45) is 3.96. The number of amides is 1. The van der Waals surface area contributed by atoms with Crippen LogP contribution < -0.4 is 5.32 Å². The maximum atomic E-state index is 12.2. The van der Waals surface area contributed by atoms with E-state index in [-0.39, 0.29) is 18.4 Å². The number of fused-ring (bicyclic) bond motifs is 1. The van der Waals surface area contributed by atoms with Gasteiger partial charge in [0, 0.05) is 30.8 Å². The number of aromatic amines is 1. The van der Waals surface area contributed by atoms with E-state index in [4.69, 9.17) is 4.52 Å². The van der Waals surface area contributed by atoms with Crippen LogP contribution in [0.25, 0.3) is 22.4 Å². The molecule has 0 radical (unpaired) electrons. The number of hydrogen-bond acceptors (Lipinski definition) is 6. The van der Waals surface area contributed by atoms with Gasteiger partial charge in [0.25, 0.3) is 0 Å². The molecule has 0 bridgehead atoms. The fraction of sp³-hybridized carbons (Fsp3) is 0.211. The van der Waals surface area contributed by atoms with Crippen molar-refractivity contribution in [3.8, 4) is 11.4 Å². The summed E-state index contributed by atoms with van der Waals surface area (Å²) >= 11 is 0. The van der Waals surface area contributed by atoms with E-state index >= 15 is 0 Å². The van der Waals surface area contributed by atoms with E-state index in [2.05, 4.69) is 30.4 Å². The standard InChI is InChI=1S/C19H18N6O2/c1-12(18-22-14-6-2-3-7-15(14)23-18)21-16(26)8-9-17-24-19(25-27-17)13-5-4-10-20-11-13/h2-7,10-12H,8-9H2,1H3,(H,21,26)(H,22,23). The Morgan fingerprint density at radius 3 is 2.93 bits per heavy atom. The van der Waals surface area contributed by atoms with Gasteiger partial charge in [0.1, 0.15) is 5.82 Å². The summed E-state index contributed by atoms with van der Waals surface area (Å²) in [5.41, 5.74) is 2.60. The van der Waals surface area contributed by atoms with Crippen molar-refractivity contribution in [1.82, 2.24) is 30.4 Å². The molecule has 8 nitrogen and oxygen atoms in total. The van der Waals surface area contributed by atoms with E-state index in [1.165, 1.54) is 0 Å². The van der Waals surface area contributed by atoms with E-state index in [0.29, 0.717) is 18.1 Å². The molecule has 0 aliphatic carbocycles. The summed E-state index contributed by atoms with van der Waals surface area (Å²) < 4.78 is 5.21. The van der Waals surface area contributed by atoms with Crippen LogP contribution in [0.3, 0.4) is 0 Å². The molecule has 1 atom stereocenters. The number of carbonyl (C=O) groups is 1. The lowest BCUT2D eigenvalue weighted by Gasteiger charge is -2.10. The lowest BCUT2D eigenvalue weighted by atomic mass is 10.2. The number of aryl methyl sites for hydroxylation is 1. The first-order valence-electron chi connectivity index (χ1n) is 8.66. The number of para-hydroxylation sites is 2. The molecule has 3 aromatic heterocycles. The fourth-order valence-electron chi connectivity index (χ4n) is 2.75. The van der Waals surface area contributed by atoms with Crippen LogP contribution in [0.2, 0.25) is 0 Å². The molecular formula is C19H18N6O2. The molecule has 4 rings (SSSR count). The number of pyridine rings is 1. The summed E-state index contributed by atoms with van der Waals surface area (Å²) in [6.45, 7) is 1.89. The fourth-order valence-corrected chi connectivity index (χ4v) is 2.75. The maximum Gasteiger partial charge on any atom is 0.227 e. The van der Waals surface area contributed by atoms with E-state index in [1.54, 1.807) is 18.5 Å². The van der Waals surface area contributed by atoms with Crippen molar-refractivity contribution in [2.45, 2.75) is 25.8 Å². The summed E-state index contributed by atoms with van der Waals surface area (Å²) in [5, 5.41) is 6.86. The zero-order valence-corrected chi connectivity index (χ0v) is 14.7. The van der Waals surface area contributed by atoms with Crippen LogP contribution in [0, 0.1) is 0 Å². The van der Waals surface area contributed by atoms with Gasteiger partial charge in [-0.25, -0.2) is 4.98 Å². The van der Waals surface area contributed by atoms with Crippen molar-refractivity contribution < 1.29 is 9.32 Å². The molecule has 27 heavy (non-hydrogen) atoms. The SMILES string of the molecule is CC(NC(=O)CCc1nc(-c2cccnc2)no1)c1nc2ccccc2[nH]1. The molecular weight excluding hydrogens is 344 g/mol. The molecule has 0 aliphatic rings. The highest BCUT2D eigenvalue weighted by Crippen LogP contribution is 2.16. The molecule has 3 heterocycles. The predicted octanol–water partition coefficient (Wildman–Crippen LogP) is 2.82. The van der Waals surface area contributed by atoms with Crippen LogP contribution in [-0.2, 0) is 11.2 Å². The van der Waals surface area contributed by atoms with Crippen LogP contribution in [0.4, 0.5) is 0 Å². The Morgan fingerprint density at radius 2 is 2.11 bits per heavy atom. The molecule has 2 N–H and O–H groups in total. The van der Waals surface area contributed by atoms with Gasteiger partial charge in [-0.3, -0.25) is 9.78 Å². The van der Waals surface area contributed by atoms with Gasteiger partial charge in [-0.1, -0.05) is 17.3 Å². The zero-order chi connectivity index (χ0) is 18.6. The molecule has 1 unspecified atom stereocenters. The van der Waals surface area contributed by atoms with Crippen LogP contribution in [0.5, 0.6) is 0 Å². The molecule has 136 valence electrons. The van der Waals surface area contributed by atoms with Crippen LogP contribution in [0.15, 0.2) is 53.3 Å². The number of rotatable bonds is 6. The lowest BCUT2D eigenvalue weighted by Crippen LogP contribution is -2.27. The molecule has 8 heteroatoms. The summed E-state index contributed by atoms with van der Waals surface area (Å²) in [6, 6.07) is 11.2. The third-order valence-electron chi connectivity index (χ3n) is 4.15. The minimum absolute atomic E-state index is 0.107. The van der Waals surface area contributed by atoms with Gasteiger partial charge in [0.2, 0.25) is 17.6 Å². The van der Waals surface area contributed by atoms with Gasteiger partial charge in [-0.15, -0.1) is 0 Å². The Morgan fingerprint density at radius 1 is 1.22 bits per heavy atom. The minimum Gasteiger partial charge on any atom is -0.346 e. The average molecular weight is 362 g/mol. The second-order valence-corrected chi connectivity index (χ2v) is 6.18. The Kier molecular flexibility index (Phi) is 4.61. The van der Waals surface area contributed by atoms with Crippen LogP contribution >= 0.6 is 0 Å². The van der Waals surface area contributed by atoms with Crippen molar-refractivity contribution in [1.29, 1.82) is 0 Å². The largest absolute Gasteiger partial charge is 0.346 e. The Bertz CT molecular complexity index is 1020. The third kappa shape index (κ3) is 3.84. The maximum absolute atomic E-state index is 12.2. The average Bonchev–Trinajstić information content (AvgIpc) is 3.34. The minimum atomic E-state index is -0.224. The molecule has 0 aliphatic heterocycles. The van der Waals surface area contributed by atoms with Crippen molar-refractivity contribution in [2.24, 2.45) is 0 Å². The van der Waals surface area contributed by atoms with Crippen LogP contribution in [0.1, 0.15) is 31.1 Å². The summed E-state index contributed by atoms with van der Waals surface area (Å²) in [5.74, 6) is 1.50. The van der Waals surface area contributed by atoms with Gasteiger partial charge in [-0.2, -0.15) is 4.98 Å². The van der Waals surface area contributed by atoms with Crippen molar-refractivity contribution in [3.63, 3.8) is 0 Å². The van der Waals surface area contributed by atoms with Gasteiger partial charge >= 0.3 is 0 Å². The van der Waals surface area contributed by atoms with E-state index < -0.39 is 0 Å². The number of imidazole rings is 1. The van der Waals surface area contributed by atoms with E-state index in [0.717, 1.165) is 22.4 Å².